The van der Waals surface area contributed by atoms with Crippen LogP contribution in [-0.2, 0) is 4.74 Å². The van der Waals surface area contributed by atoms with E-state index in [9.17, 15) is 4.79 Å². The van der Waals surface area contributed by atoms with Crippen molar-refractivity contribution in [3.05, 3.63) is 0 Å². The maximum Gasteiger partial charge on any atom is 0.429 e. The molecule has 0 aromatic rings. The smallest absolute Gasteiger partial charge is 0.429 e. The molecule has 5 nitrogen and oxygen atoms in total. The monoisotopic (exact) mass is 145 g/mol. The lowest BCUT2D eigenvalue weighted by atomic mass is 10.2. The predicted molar refractivity (Wildman–Crippen MR) is 34.5 cm³/mol. The lowest BCUT2D eigenvalue weighted by Crippen LogP contribution is -2.29. The van der Waals surface area contributed by atoms with Gasteiger partial charge in [0.25, 0.3) is 0 Å². The average molecular weight is 145 g/mol. The Morgan fingerprint density at radius 2 is 2.10 bits per heavy atom. The zero-order valence-electron chi connectivity index (χ0n) is 6.26. The Kier molecular flexibility index (Phi) is 2.79. The van der Waals surface area contributed by atoms with Crippen LogP contribution in [-0.4, -0.2) is 11.7 Å². The Labute approximate surface area is 59.2 Å². The van der Waals surface area contributed by atoms with E-state index >= 15 is 0 Å². The molecule has 0 radical (unpaired) electrons. The highest BCUT2D eigenvalue weighted by molar-refractivity contribution is 5.66. The van der Waals surface area contributed by atoms with Crippen LogP contribution >= 0.6 is 0 Å². The summed E-state index contributed by atoms with van der Waals surface area (Å²) in [6.45, 7) is 5.20. The van der Waals surface area contributed by atoms with Crippen LogP contribution in [0.25, 0.3) is 0 Å². The lowest BCUT2D eigenvalue weighted by Gasteiger charge is -2.17. The van der Waals surface area contributed by atoms with Gasteiger partial charge < -0.3 is 4.74 Å². The summed E-state index contributed by atoms with van der Waals surface area (Å²) in [4.78, 5) is 10.5. The zero-order chi connectivity index (χ0) is 8.20. The normalized spacial score (nSPS) is 10.3. The van der Waals surface area contributed by atoms with Gasteiger partial charge in [0.2, 0.25) is 0 Å². The second kappa shape index (κ2) is 3.14. The van der Waals surface area contributed by atoms with Crippen LogP contribution in [0.3, 0.4) is 0 Å². The predicted octanol–water partition coefficient (Wildman–Crippen LogP) is 1.46. The number of ether oxygens (including phenoxy) is 1. The van der Waals surface area contributed by atoms with Gasteiger partial charge in [-0.25, -0.2) is 4.79 Å². The number of carbonyl (C=O) groups is 1. The highest BCUT2D eigenvalue weighted by Gasteiger charge is 2.15. The minimum absolute atomic E-state index is 0.533. The second-order valence-corrected chi connectivity index (χ2v) is 2.73. The molecule has 0 aromatic heterocycles. The van der Waals surface area contributed by atoms with E-state index in [4.69, 9.17) is 10.3 Å². The molecular weight excluding hydrogens is 134 g/mol. The van der Waals surface area contributed by atoms with Crippen LogP contribution < -0.4 is 5.43 Å². The molecule has 0 aliphatic rings. The lowest BCUT2D eigenvalue weighted by molar-refractivity contribution is 0.0523. The molecule has 0 fully saturated rings. The van der Waals surface area contributed by atoms with Gasteiger partial charge in [0.1, 0.15) is 5.60 Å². The number of nitrogens with one attached hydrogen (secondary N) is 2. The Bertz CT molecular complexity index is 138. The summed E-state index contributed by atoms with van der Waals surface area (Å²) >= 11 is 0. The van der Waals surface area contributed by atoms with Crippen LogP contribution in [0.1, 0.15) is 20.8 Å². The largest absolute Gasteiger partial charge is 0.443 e. The maximum absolute atomic E-state index is 10.5. The summed E-state index contributed by atoms with van der Waals surface area (Å²) in [5.41, 5.74) is 7.55. The third-order valence-corrected chi connectivity index (χ3v) is 0.546. The van der Waals surface area contributed by atoms with E-state index in [2.05, 4.69) is 5.22 Å². The van der Waals surface area contributed by atoms with E-state index in [1.807, 2.05) is 5.43 Å². The number of nitrogens with zero attached hydrogens (tertiary/aromatic N) is 1. The molecule has 10 heavy (non-hydrogen) atoms. The molecule has 5 heteroatoms. The van der Waals surface area contributed by atoms with E-state index in [0.29, 0.717) is 0 Å². The van der Waals surface area contributed by atoms with Gasteiger partial charge in [-0.3, -0.25) is 0 Å². The second-order valence-electron chi connectivity index (χ2n) is 2.73. The van der Waals surface area contributed by atoms with Crippen molar-refractivity contribution in [3.8, 4) is 0 Å². The van der Waals surface area contributed by atoms with E-state index < -0.39 is 11.7 Å². The molecule has 0 bridgehead atoms. The molecule has 1 amide bonds. The SMILES string of the molecule is CC(C)(C)OC(=O)NN=N. The molecule has 0 rings (SSSR count). The van der Waals surface area contributed by atoms with Gasteiger partial charge in [0.05, 0.1) is 0 Å². The number of hydrogen-bond acceptors (Lipinski definition) is 4. The molecule has 0 aromatic carbocycles. The van der Waals surface area contributed by atoms with Gasteiger partial charge in [-0.1, -0.05) is 5.22 Å². The first-order valence-corrected chi connectivity index (χ1v) is 2.81. The molecule has 58 valence electrons. The maximum atomic E-state index is 10.5. The Morgan fingerprint density at radius 1 is 1.60 bits per heavy atom. The van der Waals surface area contributed by atoms with Crippen molar-refractivity contribution < 1.29 is 9.53 Å². The number of amides is 1. The van der Waals surface area contributed by atoms with Gasteiger partial charge in [0.15, 0.2) is 0 Å². The quantitative estimate of drug-likeness (QED) is 0.433. The Morgan fingerprint density at radius 3 is 2.40 bits per heavy atom. The van der Waals surface area contributed by atoms with Crippen LogP contribution in [0.5, 0.6) is 0 Å². The molecule has 0 unspecified atom stereocenters. The third kappa shape index (κ3) is 5.02. The number of hydrogen-bond donors (Lipinski definition) is 2. The summed E-state index contributed by atoms with van der Waals surface area (Å²) < 4.78 is 4.71. The van der Waals surface area contributed by atoms with Crippen LogP contribution in [0.4, 0.5) is 4.79 Å². The highest BCUT2D eigenvalue weighted by atomic mass is 16.6. The fraction of sp³-hybridized carbons (Fsp3) is 0.800. The van der Waals surface area contributed by atoms with Gasteiger partial charge in [-0.15, -0.1) is 0 Å². The molecule has 0 atom stereocenters. The number of rotatable bonds is 1. The fourth-order valence-corrected chi connectivity index (χ4v) is 0.347. The zero-order valence-corrected chi connectivity index (χ0v) is 6.26. The van der Waals surface area contributed by atoms with Gasteiger partial charge in [-0.05, 0) is 20.8 Å². The van der Waals surface area contributed by atoms with Gasteiger partial charge in [0, 0.05) is 0 Å². The highest BCUT2D eigenvalue weighted by Crippen LogP contribution is 2.05. The molecule has 2 N–H and O–H groups in total. The molecule has 0 heterocycles. The molecular formula is C5H11N3O2. The molecule has 0 aliphatic heterocycles. The van der Waals surface area contributed by atoms with E-state index in [1.54, 1.807) is 20.8 Å². The first-order valence-electron chi connectivity index (χ1n) is 2.81. The van der Waals surface area contributed by atoms with E-state index in [0.717, 1.165) is 0 Å². The summed E-state index contributed by atoms with van der Waals surface area (Å²) in [5.74, 6) is 0. The standard InChI is InChI=1S/C5H11N3O2/c1-5(2,3)10-4(9)7-8-6/h1-3H3,(H2,6,7,9). The average Bonchev–Trinajstić information content (AvgIpc) is 1.59. The molecule has 0 saturated heterocycles. The molecule has 0 aliphatic carbocycles. The first kappa shape index (κ1) is 8.87. The fourth-order valence-electron chi connectivity index (χ4n) is 0.347. The Hall–Kier alpha value is -1.13. The summed E-state index contributed by atoms with van der Waals surface area (Å²) in [6.07, 6.45) is -0.706. The Balaban J connectivity index is 3.68. The summed E-state index contributed by atoms with van der Waals surface area (Å²) in [7, 11) is 0. The van der Waals surface area contributed by atoms with E-state index in [-0.39, 0.29) is 0 Å². The van der Waals surface area contributed by atoms with Crippen LogP contribution in [0.15, 0.2) is 5.22 Å². The van der Waals surface area contributed by atoms with Crippen LogP contribution in [0, 0.1) is 5.53 Å². The van der Waals surface area contributed by atoms with Crippen molar-refractivity contribution in [3.63, 3.8) is 0 Å². The van der Waals surface area contributed by atoms with E-state index in [1.165, 1.54) is 0 Å². The third-order valence-electron chi connectivity index (χ3n) is 0.546. The minimum atomic E-state index is -0.706. The van der Waals surface area contributed by atoms with Crippen molar-refractivity contribution in [2.75, 3.05) is 0 Å². The van der Waals surface area contributed by atoms with Crippen molar-refractivity contribution in [2.24, 2.45) is 5.22 Å². The van der Waals surface area contributed by atoms with Gasteiger partial charge in [-0.2, -0.15) is 11.0 Å². The topological polar surface area (TPSA) is 74.5 Å². The molecule has 0 spiro atoms. The van der Waals surface area contributed by atoms with Crippen molar-refractivity contribution in [1.29, 1.82) is 5.53 Å². The minimum Gasteiger partial charge on any atom is -0.443 e. The van der Waals surface area contributed by atoms with Crippen molar-refractivity contribution >= 4 is 6.09 Å². The van der Waals surface area contributed by atoms with Gasteiger partial charge >= 0.3 is 6.09 Å². The molecule has 0 saturated carbocycles. The number of carbonyl (C=O) groups excluding carboxylic acids is 1. The van der Waals surface area contributed by atoms with Crippen LogP contribution in [0.2, 0.25) is 0 Å². The summed E-state index contributed by atoms with van der Waals surface area (Å²) in [5, 5.41) is 2.65. The summed E-state index contributed by atoms with van der Waals surface area (Å²) in [6, 6.07) is 0. The van der Waals surface area contributed by atoms with Crippen molar-refractivity contribution in [1.82, 2.24) is 5.43 Å². The van der Waals surface area contributed by atoms with Crippen molar-refractivity contribution in [2.45, 2.75) is 26.4 Å². The first-order chi connectivity index (χ1) is 4.45.